The molecule has 2 heterocycles. The topological polar surface area (TPSA) is 37.2 Å². The third kappa shape index (κ3) is 8.86. The van der Waals surface area contributed by atoms with Crippen LogP contribution >= 0.6 is 0 Å². The van der Waals surface area contributed by atoms with E-state index in [1.807, 2.05) is 36.4 Å². The summed E-state index contributed by atoms with van der Waals surface area (Å²) in [4.78, 5) is 14.7. The number of anilines is 6. The van der Waals surface area contributed by atoms with Crippen LogP contribution in [-0.2, 0) is 0 Å². The van der Waals surface area contributed by atoms with Gasteiger partial charge in [0.1, 0.15) is 0 Å². The highest BCUT2D eigenvalue weighted by molar-refractivity contribution is 6.12. The number of para-hydroxylation sites is 4. The molecule has 0 fully saturated rings. The maximum Gasteiger partial charge on any atom is 0.160 e. The second-order valence-corrected chi connectivity index (χ2v) is 19.1. The van der Waals surface area contributed by atoms with E-state index in [9.17, 15) is 0 Å². The van der Waals surface area contributed by atoms with Gasteiger partial charge in [0.05, 0.1) is 22.4 Å². The zero-order chi connectivity index (χ0) is 50.8. The Hall–Kier alpha value is -10.1. The highest BCUT2D eigenvalue weighted by Gasteiger charge is 2.21. The molecule has 5 nitrogen and oxygen atoms in total. The summed E-state index contributed by atoms with van der Waals surface area (Å²) in [7, 11) is 0. The lowest BCUT2D eigenvalue weighted by Crippen LogP contribution is -2.09. The molecule has 0 atom stereocenters. The standard InChI is InChI=1S/C71H51N5/c1-50-46-56(51-32-34-54(35-33-51)68-49-67(53-20-8-2-9-21-53)72-71(73-68)55-22-10-3-11-23-55)38-43-64(50)52-36-39-61(40-37-52)76-69-44-41-62(74(57-24-12-4-13-25-57)58-26-14-5-15-27-58)47-65(69)66-48-63(42-45-70(66)76)75(59-28-16-6-17-29-59)60-30-18-7-19-31-60/h2-49H,1H3. The van der Waals surface area contributed by atoms with Gasteiger partial charge in [-0.2, -0.15) is 0 Å². The molecular weight excluding hydrogens is 923 g/mol. The van der Waals surface area contributed by atoms with E-state index in [0.717, 1.165) is 84.5 Å². The highest BCUT2D eigenvalue weighted by Crippen LogP contribution is 2.43. The number of fused-ring (bicyclic) bond motifs is 3. The fourth-order valence-corrected chi connectivity index (χ4v) is 10.6. The molecule has 0 bridgehead atoms. The lowest BCUT2D eigenvalue weighted by molar-refractivity contribution is 1.18. The number of aryl methyl sites for hydroxylation is 1. The molecule has 0 N–H and O–H groups in total. The molecule has 76 heavy (non-hydrogen) atoms. The number of hydrogen-bond acceptors (Lipinski definition) is 4. The maximum absolute atomic E-state index is 5.06. The van der Waals surface area contributed by atoms with Crippen LogP contribution in [0.1, 0.15) is 5.56 Å². The Balaban J connectivity index is 0.856. The summed E-state index contributed by atoms with van der Waals surface area (Å²) in [5, 5.41) is 2.34. The maximum atomic E-state index is 5.06. The van der Waals surface area contributed by atoms with Crippen molar-refractivity contribution in [2.75, 3.05) is 9.80 Å². The molecule has 0 unspecified atom stereocenters. The lowest BCUT2D eigenvalue weighted by Gasteiger charge is -2.26. The molecule has 11 aromatic carbocycles. The van der Waals surface area contributed by atoms with Crippen LogP contribution in [0.4, 0.5) is 34.1 Å². The Bertz CT molecular complexity index is 3850. The van der Waals surface area contributed by atoms with Gasteiger partial charge in [0.25, 0.3) is 0 Å². The summed E-state index contributed by atoms with van der Waals surface area (Å²) >= 11 is 0. The number of hydrogen-bond donors (Lipinski definition) is 0. The molecule has 5 heteroatoms. The average molecular weight is 974 g/mol. The van der Waals surface area contributed by atoms with E-state index < -0.39 is 0 Å². The van der Waals surface area contributed by atoms with Crippen molar-refractivity contribution in [3.05, 3.63) is 297 Å². The van der Waals surface area contributed by atoms with Gasteiger partial charge in [-0.05, 0) is 138 Å². The lowest BCUT2D eigenvalue weighted by atomic mass is 9.95. The largest absolute Gasteiger partial charge is 0.310 e. The fourth-order valence-electron chi connectivity index (χ4n) is 10.6. The first-order valence-corrected chi connectivity index (χ1v) is 25.8. The molecule has 13 rings (SSSR count). The van der Waals surface area contributed by atoms with Gasteiger partial charge in [-0.3, -0.25) is 0 Å². The smallest absolute Gasteiger partial charge is 0.160 e. The number of benzene rings is 11. The van der Waals surface area contributed by atoms with Crippen molar-refractivity contribution in [3.63, 3.8) is 0 Å². The SMILES string of the molecule is Cc1cc(-c2ccc(-c3cc(-c4ccccc4)nc(-c4ccccc4)n3)cc2)ccc1-c1ccc(-n2c3ccc(N(c4ccccc4)c4ccccc4)cc3c3cc(N(c4ccccc4)c4ccccc4)ccc32)cc1. The molecule has 0 saturated carbocycles. The molecule has 0 radical (unpaired) electrons. The summed E-state index contributed by atoms with van der Waals surface area (Å²) in [6.45, 7) is 2.21. The van der Waals surface area contributed by atoms with Gasteiger partial charge in [-0.15, -0.1) is 0 Å². The van der Waals surface area contributed by atoms with Crippen molar-refractivity contribution >= 4 is 55.9 Å². The summed E-state index contributed by atoms with van der Waals surface area (Å²) in [6.07, 6.45) is 0. The third-order valence-electron chi connectivity index (χ3n) is 14.3. The first-order chi connectivity index (χ1) is 37.6. The summed E-state index contributed by atoms with van der Waals surface area (Å²) in [6, 6.07) is 104. The number of aromatic nitrogens is 3. The van der Waals surface area contributed by atoms with Gasteiger partial charge in [0, 0.05) is 67.3 Å². The van der Waals surface area contributed by atoms with E-state index in [-0.39, 0.29) is 0 Å². The van der Waals surface area contributed by atoms with Gasteiger partial charge in [-0.25, -0.2) is 9.97 Å². The van der Waals surface area contributed by atoms with Crippen LogP contribution in [0.25, 0.3) is 83.6 Å². The second kappa shape index (κ2) is 20.1. The zero-order valence-corrected chi connectivity index (χ0v) is 41.9. The molecule has 0 aliphatic carbocycles. The summed E-state index contributed by atoms with van der Waals surface area (Å²) in [5.74, 6) is 0.711. The van der Waals surface area contributed by atoms with E-state index in [0.29, 0.717) is 5.82 Å². The molecule has 0 amide bonds. The van der Waals surface area contributed by atoms with Crippen LogP contribution in [0.2, 0.25) is 0 Å². The minimum Gasteiger partial charge on any atom is -0.310 e. The quantitative estimate of drug-likeness (QED) is 0.122. The van der Waals surface area contributed by atoms with E-state index in [1.165, 1.54) is 33.0 Å². The molecular formula is C71H51N5. The molecule has 0 spiro atoms. The first kappa shape index (κ1) is 45.7. The summed E-state index contributed by atoms with van der Waals surface area (Å²) < 4.78 is 2.42. The van der Waals surface area contributed by atoms with Crippen molar-refractivity contribution in [1.29, 1.82) is 0 Å². The Kier molecular flexibility index (Phi) is 12.1. The molecule has 0 saturated heterocycles. The minimum atomic E-state index is 0.711. The fraction of sp³-hybridized carbons (Fsp3) is 0.0141. The number of rotatable bonds is 12. The predicted octanol–water partition coefficient (Wildman–Crippen LogP) is 19.2. The molecule has 0 aliphatic rings. The van der Waals surface area contributed by atoms with Crippen LogP contribution < -0.4 is 9.80 Å². The van der Waals surface area contributed by atoms with Gasteiger partial charge in [0.2, 0.25) is 0 Å². The van der Waals surface area contributed by atoms with Crippen LogP contribution in [0.15, 0.2) is 291 Å². The van der Waals surface area contributed by atoms with Gasteiger partial charge < -0.3 is 14.4 Å². The van der Waals surface area contributed by atoms with Gasteiger partial charge >= 0.3 is 0 Å². The first-order valence-electron chi connectivity index (χ1n) is 25.8. The average Bonchev–Trinajstić information content (AvgIpc) is 3.83. The second-order valence-electron chi connectivity index (χ2n) is 19.1. The zero-order valence-electron chi connectivity index (χ0n) is 41.9. The minimum absolute atomic E-state index is 0.711. The van der Waals surface area contributed by atoms with E-state index >= 15 is 0 Å². The van der Waals surface area contributed by atoms with Crippen molar-refractivity contribution in [2.24, 2.45) is 0 Å². The van der Waals surface area contributed by atoms with Gasteiger partial charge in [-0.1, -0.05) is 188 Å². The van der Waals surface area contributed by atoms with Crippen molar-refractivity contribution in [2.45, 2.75) is 6.92 Å². The predicted molar refractivity (Wildman–Crippen MR) is 318 cm³/mol. The molecule has 13 aromatic rings. The van der Waals surface area contributed by atoms with Crippen LogP contribution in [-0.4, -0.2) is 14.5 Å². The Morgan fingerprint density at radius 2 is 0.671 bits per heavy atom. The summed E-state index contributed by atoms with van der Waals surface area (Å²) in [5.41, 5.74) is 20.7. The van der Waals surface area contributed by atoms with Gasteiger partial charge in [0.15, 0.2) is 5.82 Å². The normalized spacial score (nSPS) is 11.2. The van der Waals surface area contributed by atoms with Crippen molar-refractivity contribution in [1.82, 2.24) is 14.5 Å². The monoisotopic (exact) mass is 973 g/mol. The van der Waals surface area contributed by atoms with Crippen molar-refractivity contribution in [3.8, 4) is 61.8 Å². The third-order valence-corrected chi connectivity index (χ3v) is 14.3. The highest BCUT2D eigenvalue weighted by atomic mass is 15.1. The Morgan fingerprint density at radius 1 is 0.289 bits per heavy atom. The van der Waals surface area contributed by atoms with Crippen molar-refractivity contribution < 1.29 is 0 Å². The van der Waals surface area contributed by atoms with E-state index in [2.05, 4.69) is 276 Å². The van der Waals surface area contributed by atoms with E-state index in [4.69, 9.17) is 9.97 Å². The van der Waals surface area contributed by atoms with Crippen LogP contribution in [0, 0.1) is 6.92 Å². The number of nitrogens with zero attached hydrogens (tertiary/aromatic N) is 5. The van der Waals surface area contributed by atoms with Crippen LogP contribution in [0.5, 0.6) is 0 Å². The molecule has 2 aromatic heterocycles. The van der Waals surface area contributed by atoms with E-state index in [1.54, 1.807) is 0 Å². The molecule has 0 aliphatic heterocycles. The Labute approximate surface area is 443 Å². The van der Waals surface area contributed by atoms with Crippen LogP contribution in [0.3, 0.4) is 0 Å². The Morgan fingerprint density at radius 3 is 1.12 bits per heavy atom. The molecule has 360 valence electrons.